The van der Waals surface area contributed by atoms with Crippen molar-refractivity contribution in [1.29, 1.82) is 0 Å². The van der Waals surface area contributed by atoms with Gasteiger partial charge in [-0.05, 0) is 19.8 Å². The zero-order valence-electron chi connectivity index (χ0n) is 9.85. The van der Waals surface area contributed by atoms with Gasteiger partial charge in [-0.2, -0.15) is 0 Å². The van der Waals surface area contributed by atoms with Gasteiger partial charge in [0, 0.05) is 37.2 Å². The Bertz CT molecular complexity index is 374. The number of ketones is 1. The number of sulfone groups is 1. The number of carbonyl (C=O) groups excluding carboxylic acids is 1. The molecule has 0 radical (unpaired) electrons. The van der Waals surface area contributed by atoms with Crippen molar-refractivity contribution in [3.8, 4) is 0 Å². The Balaban J connectivity index is 2.08. The molecule has 16 heavy (non-hydrogen) atoms. The van der Waals surface area contributed by atoms with E-state index < -0.39 is 9.84 Å². The fourth-order valence-corrected chi connectivity index (χ4v) is 4.30. The van der Waals surface area contributed by atoms with E-state index in [4.69, 9.17) is 0 Å². The van der Waals surface area contributed by atoms with Crippen LogP contribution >= 0.6 is 0 Å². The zero-order valence-corrected chi connectivity index (χ0v) is 10.7. The Kier molecular flexibility index (Phi) is 3.09. The first-order valence-electron chi connectivity index (χ1n) is 5.83. The topological polar surface area (TPSA) is 54.5 Å². The SMILES string of the molecule is CC(CS(C)(=O)=O)N1C2CCC1CC(=O)C2. The van der Waals surface area contributed by atoms with E-state index in [0.717, 1.165) is 12.8 Å². The van der Waals surface area contributed by atoms with Crippen LogP contribution in [0.1, 0.15) is 32.6 Å². The van der Waals surface area contributed by atoms with Gasteiger partial charge in [-0.15, -0.1) is 0 Å². The number of hydrogen-bond acceptors (Lipinski definition) is 4. The van der Waals surface area contributed by atoms with Gasteiger partial charge < -0.3 is 0 Å². The van der Waals surface area contributed by atoms with Crippen molar-refractivity contribution in [2.45, 2.75) is 50.7 Å². The van der Waals surface area contributed by atoms with E-state index >= 15 is 0 Å². The molecule has 0 amide bonds. The van der Waals surface area contributed by atoms with Crippen LogP contribution in [0, 0.1) is 0 Å². The molecule has 0 aromatic heterocycles. The van der Waals surface area contributed by atoms with Crippen molar-refractivity contribution in [1.82, 2.24) is 4.90 Å². The second-order valence-corrected chi connectivity index (χ2v) is 7.41. The van der Waals surface area contributed by atoms with E-state index in [9.17, 15) is 13.2 Å². The molecular weight excluding hydrogens is 226 g/mol. The van der Waals surface area contributed by atoms with Crippen LogP contribution in [0.5, 0.6) is 0 Å². The molecule has 92 valence electrons. The number of nitrogens with zero attached hydrogens (tertiary/aromatic N) is 1. The summed E-state index contributed by atoms with van der Waals surface area (Å²) in [5.74, 6) is 0.545. The molecule has 5 heteroatoms. The van der Waals surface area contributed by atoms with Crippen molar-refractivity contribution >= 4 is 15.6 Å². The third-order valence-electron chi connectivity index (χ3n) is 3.66. The molecule has 3 unspecified atom stereocenters. The molecule has 4 nitrogen and oxygen atoms in total. The van der Waals surface area contributed by atoms with E-state index in [0.29, 0.717) is 30.7 Å². The van der Waals surface area contributed by atoms with Gasteiger partial charge in [0.1, 0.15) is 15.6 Å². The minimum atomic E-state index is -2.93. The number of Topliss-reactive ketones (excluding diaryl/α,β-unsaturated/α-hetero) is 1. The van der Waals surface area contributed by atoms with Gasteiger partial charge >= 0.3 is 0 Å². The van der Waals surface area contributed by atoms with Crippen LogP contribution in [0.4, 0.5) is 0 Å². The lowest BCUT2D eigenvalue weighted by molar-refractivity contribution is -0.124. The largest absolute Gasteiger partial charge is 0.300 e. The van der Waals surface area contributed by atoms with Crippen LogP contribution in [-0.2, 0) is 14.6 Å². The molecule has 2 heterocycles. The summed E-state index contributed by atoms with van der Waals surface area (Å²) in [5, 5.41) is 0. The maximum atomic E-state index is 11.4. The van der Waals surface area contributed by atoms with Gasteiger partial charge in [0.15, 0.2) is 0 Å². The van der Waals surface area contributed by atoms with Crippen molar-refractivity contribution in [3.05, 3.63) is 0 Å². The smallest absolute Gasteiger partial charge is 0.148 e. The minimum Gasteiger partial charge on any atom is -0.300 e. The molecule has 0 aromatic rings. The van der Waals surface area contributed by atoms with Gasteiger partial charge in [0.2, 0.25) is 0 Å². The van der Waals surface area contributed by atoms with Crippen molar-refractivity contribution in [3.63, 3.8) is 0 Å². The Morgan fingerprint density at radius 3 is 2.25 bits per heavy atom. The van der Waals surface area contributed by atoms with Crippen LogP contribution in [0.25, 0.3) is 0 Å². The van der Waals surface area contributed by atoms with Gasteiger partial charge in [-0.25, -0.2) is 8.42 Å². The van der Waals surface area contributed by atoms with Gasteiger partial charge in [0.05, 0.1) is 5.75 Å². The van der Waals surface area contributed by atoms with Gasteiger partial charge in [0.25, 0.3) is 0 Å². The number of piperidine rings is 1. The molecule has 0 saturated carbocycles. The quantitative estimate of drug-likeness (QED) is 0.731. The summed E-state index contributed by atoms with van der Waals surface area (Å²) in [6.07, 6.45) is 4.60. The highest BCUT2D eigenvalue weighted by Crippen LogP contribution is 2.35. The maximum absolute atomic E-state index is 11.4. The normalized spacial score (nSPS) is 33.0. The fourth-order valence-electron chi connectivity index (χ4n) is 3.25. The first-order valence-corrected chi connectivity index (χ1v) is 7.90. The summed E-state index contributed by atoms with van der Waals surface area (Å²) in [6, 6.07) is 0.631. The standard InChI is InChI=1S/C11H19NO3S/c1-8(7-16(2,14)15)12-9-3-4-10(12)6-11(13)5-9/h8-10H,3-7H2,1-2H3. The lowest BCUT2D eigenvalue weighted by atomic mass is 10.00. The highest BCUT2D eigenvalue weighted by molar-refractivity contribution is 7.90. The van der Waals surface area contributed by atoms with Gasteiger partial charge in [-0.1, -0.05) is 0 Å². The summed E-state index contributed by atoms with van der Waals surface area (Å²) >= 11 is 0. The third-order valence-corrected chi connectivity index (χ3v) is 4.74. The van der Waals surface area contributed by atoms with Crippen LogP contribution in [-0.4, -0.2) is 49.2 Å². The number of rotatable bonds is 3. The molecule has 2 aliphatic heterocycles. The fraction of sp³-hybridized carbons (Fsp3) is 0.909. The number of hydrogen-bond donors (Lipinski definition) is 0. The second-order valence-electron chi connectivity index (χ2n) is 5.22. The molecule has 2 saturated heterocycles. The van der Waals surface area contributed by atoms with Gasteiger partial charge in [-0.3, -0.25) is 9.69 Å². The maximum Gasteiger partial charge on any atom is 0.148 e. The highest BCUT2D eigenvalue weighted by atomic mass is 32.2. The predicted octanol–water partition coefficient (Wildman–Crippen LogP) is 0.615. The van der Waals surface area contributed by atoms with Crippen LogP contribution < -0.4 is 0 Å². The molecule has 0 aromatic carbocycles. The first-order chi connectivity index (χ1) is 7.37. The van der Waals surface area contributed by atoms with E-state index in [1.807, 2.05) is 6.92 Å². The summed E-state index contributed by atoms with van der Waals surface area (Å²) in [6.45, 7) is 1.96. The molecule has 0 aliphatic carbocycles. The Morgan fingerprint density at radius 1 is 1.31 bits per heavy atom. The summed E-state index contributed by atoms with van der Waals surface area (Å²) in [4.78, 5) is 13.7. The lowest BCUT2D eigenvalue weighted by Crippen LogP contribution is -2.50. The van der Waals surface area contributed by atoms with Crippen LogP contribution in [0.2, 0.25) is 0 Å². The highest BCUT2D eigenvalue weighted by Gasteiger charge is 2.42. The minimum absolute atomic E-state index is 0.0422. The van der Waals surface area contributed by atoms with E-state index in [2.05, 4.69) is 4.90 Å². The molecule has 2 aliphatic rings. The molecule has 0 spiro atoms. The Hall–Kier alpha value is -0.420. The Morgan fingerprint density at radius 2 is 1.81 bits per heavy atom. The van der Waals surface area contributed by atoms with Crippen LogP contribution in [0.3, 0.4) is 0 Å². The van der Waals surface area contributed by atoms with E-state index in [1.165, 1.54) is 6.26 Å². The number of carbonyl (C=O) groups is 1. The number of fused-ring (bicyclic) bond motifs is 2. The third kappa shape index (κ3) is 2.46. The average Bonchev–Trinajstić information content (AvgIpc) is 2.36. The molecule has 2 rings (SSSR count). The predicted molar refractivity (Wildman–Crippen MR) is 62.1 cm³/mol. The average molecular weight is 245 g/mol. The van der Waals surface area contributed by atoms with Crippen molar-refractivity contribution < 1.29 is 13.2 Å². The summed E-state index contributed by atoms with van der Waals surface area (Å²) < 4.78 is 22.6. The Labute approximate surface area is 96.9 Å². The van der Waals surface area contributed by atoms with Crippen LogP contribution in [0.15, 0.2) is 0 Å². The molecule has 2 bridgehead atoms. The summed E-state index contributed by atoms with van der Waals surface area (Å²) in [5.41, 5.74) is 0. The molecule has 0 N–H and O–H groups in total. The lowest BCUT2D eigenvalue weighted by Gasteiger charge is -2.38. The zero-order chi connectivity index (χ0) is 11.9. The van der Waals surface area contributed by atoms with E-state index in [1.54, 1.807) is 0 Å². The van der Waals surface area contributed by atoms with Crippen molar-refractivity contribution in [2.24, 2.45) is 0 Å². The van der Waals surface area contributed by atoms with E-state index in [-0.39, 0.29) is 11.8 Å². The summed E-state index contributed by atoms with van der Waals surface area (Å²) in [7, 11) is -2.93. The van der Waals surface area contributed by atoms with Crippen molar-refractivity contribution in [2.75, 3.05) is 12.0 Å². The molecular formula is C11H19NO3S. The first kappa shape index (κ1) is 12.0. The molecule has 2 fully saturated rings. The monoisotopic (exact) mass is 245 g/mol. The molecule has 3 atom stereocenters. The second kappa shape index (κ2) is 4.11.